The maximum atomic E-state index is 11.9. The zero-order valence-corrected chi connectivity index (χ0v) is 12.1. The van der Waals surface area contributed by atoms with Crippen molar-refractivity contribution < 1.29 is 14.6 Å². The topological polar surface area (TPSA) is 58.6 Å². The van der Waals surface area contributed by atoms with E-state index in [0.717, 1.165) is 4.88 Å². The molecule has 0 aliphatic heterocycles. The molecular formula is C15H17NO3S. The molecule has 0 bridgehead atoms. The second-order valence-electron chi connectivity index (χ2n) is 4.22. The van der Waals surface area contributed by atoms with Gasteiger partial charge in [0.2, 0.25) is 5.91 Å². The molecule has 0 atom stereocenters. The highest BCUT2D eigenvalue weighted by molar-refractivity contribution is 7.10. The molecule has 0 fully saturated rings. The average Bonchev–Trinajstić information content (AvgIpc) is 2.93. The highest BCUT2D eigenvalue weighted by Gasteiger charge is 2.08. The summed E-state index contributed by atoms with van der Waals surface area (Å²) in [4.78, 5) is 12.9. The summed E-state index contributed by atoms with van der Waals surface area (Å²) in [6.45, 7) is 2.30. The summed E-state index contributed by atoms with van der Waals surface area (Å²) in [5.41, 5.74) is 1.33. The van der Waals surface area contributed by atoms with Gasteiger partial charge in [0.15, 0.2) is 0 Å². The van der Waals surface area contributed by atoms with Crippen molar-refractivity contribution in [3.63, 3.8) is 0 Å². The highest BCUT2D eigenvalue weighted by Crippen LogP contribution is 2.23. The second kappa shape index (κ2) is 7.07. The Morgan fingerprint density at radius 3 is 2.90 bits per heavy atom. The van der Waals surface area contributed by atoms with Crippen molar-refractivity contribution in [3.8, 4) is 5.75 Å². The predicted octanol–water partition coefficient (Wildman–Crippen LogP) is 2.82. The molecule has 0 aliphatic carbocycles. The molecule has 0 spiro atoms. The number of hydrogen-bond acceptors (Lipinski definition) is 4. The van der Waals surface area contributed by atoms with Crippen molar-refractivity contribution in [3.05, 3.63) is 46.2 Å². The van der Waals surface area contributed by atoms with Gasteiger partial charge in [-0.25, -0.2) is 0 Å². The molecule has 5 heteroatoms. The SMILES string of the molecule is CCOc1ccc(NC(=O)Cc2cccs2)cc1CO. The molecule has 1 amide bonds. The Balaban J connectivity index is 2.03. The number of hydrogen-bond donors (Lipinski definition) is 2. The van der Waals surface area contributed by atoms with Crippen LogP contribution in [0.1, 0.15) is 17.4 Å². The van der Waals surface area contributed by atoms with E-state index < -0.39 is 0 Å². The van der Waals surface area contributed by atoms with Crippen molar-refractivity contribution in [2.24, 2.45) is 0 Å². The molecule has 0 radical (unpaired) electrons. The van der Waals surface area contributed by atoms with Gasteiger partial charge in [-0.05, 0) is 36.6 Å². The third-order valence-electron chi connectivity index (χ3n) is 2.73. The van der Waals surface area contributed by atoms with E-state index in [1.165, 1.54) is 0 Å². The van der Waals surface area contributed by atoms with Gasteiger partial charge in [0, 0.05) is 16.1 Å². The van der Waals surface area contributed by atoms with Crippen LogP contribution in [0.3, 0.4) is 0 Å². The molecule has 1 aromatic carbocycles. The number of thiophene rings is 1. The van der Waals surface area contributed by atoms with Gasteiger partial charge < -0.3 is 15.2 Å². The minimum Gasteiger partial charge on any atom is -0.494 e. The van der Waals surface area contributed by atoms with Crippen LogP contribution in [0.25, 0.3) is 0 Å². The lowest BCUT2D eigenvalue weighted by Gasteiger charge is -2.11. The van der Waals surface area contributed by atoms with Crippen molar-refractivity contribution in [1.82, 2.24) is 0 Å². The lowest BCUT2D eigenvalue weighted by Crippen LogP contribution is -2.14. The number of carbonyl (C=O) groups is 1. The number of benzene rings is 1. The molecule has 0 saturated carbocycles. The van der Waals surface area contributed by atoms with Crippen molar-refractivity contribution in [1.29, 1.82) is 0 Å². The Morgan fingerprint density at radius 1 is 1.40 bits per heavy atom. The zero-order chi connectivity index (χ0) is 14.4. The van der Waals surface area contributed by atoms with Gasteiger partial charge in [0.1, 0.15) is 5.75 Å². The van der Waals surface area contributed by atoms with Gasteiger partial charge in [-0.15, -0.1) is 11.3 Å². The lowest BCUT2D eigenvalue weighted by molar-refractivity contribution is -0.115. The number of aliphatic hydroxyl groups excluding tert-OH is 1. The van der Waals surface area contributed by atoms with E-state index in [9.17, 15) is 9.90 Å². The van der Waals surface area contributed by atoms with Gasteiger partial charge in [0.05, 0.1) is 19.6 Å². The quantitative estimate of drug-likeness (QED) is 0.860. The molecule has 0 saturated heterocycles. The smallest absolute Gasteiger partial charge is 0.229 e. The molecule has 4 nitrogen and oxygen atoms in total. The molecule has 0 aliphatic rings. The Hall–Kier alpha value is -1.85. The average molecular weight is 291 g/mol. The maximum absolute atomic E-state index is 11.9. The number of ether oxygens (including phenoxy) is 1. The largest absolute Gasteiger partial charge is 0.494 e. The summed E-state index contributed by atoms with van der Waals surface area (Å²) in [6.07, 6.45) is 0.360. The number of anilines is 1. The molecule has 2 aromatic rings. The maximum Gasteiger partial charge on any atom is 0.229 e. The Morgan fingerprint density at radius 2 is 2.25 bits per heavy atom. The van der Waals surface area contributed by atoms with Crippen LogP contribution >= 0.6 is 11.3 Å². The van der Waals surface area contributed by atoms with Crippen molar-refractivity contribution in [2.45, 2.75) is 20.0 Å². The number of amides is 1. The Kier molecular flexibility index (Phi) is 5.15. The first-order valence-electron chi connectivity index (χ1n) is 6.41. The van der Waals surface area contributed by atoms with Crippen molar-refractivity contribution >= 4 is 22.9 Å². The summed E-state index contributed by atoms with van der Waals surface area (Å²) < 4.78 is 5.40. The van der Waals surface area contributed by atoms with Gasteiger partial charge in [0.25, 0.3) is 0 Å². The van der Waals surface area contributed by atoms with Crippen molar-refractivity contribution in [2.75, 3.05) is 11.9 Å². The summed E-state index contributed by atoms with van der Waals surface area (Å²) in [5.74, 6) is 0.576. The summed E-state index contributed by atoms with van der Waals surface area (Å²) in [5, 5.41) is 14.1. The molecule has 106 valence electrons. The minimum absolute atomic E-state index is 0.0690. The number of nitrogens with one attached hydrogen (secondary N) is 1. The fraction of sp³-hybridized carbons (Fsp3) is 0.267. The van der Waals surface area contributed by atoms with E-state index in [4.69, 9.17) is 4.74 Å². The molecule has 20 heavy (non-hydrogen) atoms. The summed E-state index contributed by atoms with van der Waals surface area (Å²) >= 11 is 1.56. The van der Waals surface area contributed by atoms with Crippen LogP contribution in [-0.4, -0.2) is 17.6 Å². The van der Waals surface area contributed by atoms with Crippen LogP contribution in [0, 0.1) is 0 Å². The normalized spacial score (nSPS) is 10.3. The Bertz CT molecular complexity index is 567. The van der Waals surface area contributed by atoms with Crippen LogP contribution in [0.2, 0.25) is 0 Å². The Labute approximate surface area is 122 Å². The number of aliphatic hydroxyl groups is 1. The van der Waals surface area contributed by atoms with E-state index in [2.05, 4.69) is 5.32 Å². The van der Waals surface area contributed by atoms with E-state index >= 15 is 0 Å². The molecule has 0 unspecified atom stereocenters. The third kappa shape index (κ3) is 3.82. The predicted molar refractivity (Wildman–Crippen MR) is 80.2 cm³/mol. The van der Waals surface area contributed by atoms with Crippen LogP contribution in [-0.2, 0) is 17.8 Å². The highest BCUT2D eigenvalue weighted by atomic mass is 32.1. The van der Waals surface area contributed by atoms with Crippen LogP contribution in [0.5, 0.6) is 5.75 Å². The fourth-order valence-corrected chi connectivity index (χ4v) is 2.56. The first-order chi connectivity index (χ1) is 9.72. The van der Waals surface area contributed by atoms with Crippen LogP contribution in [0.4, 0.5) is 5.69 Å². The second-order valence-corrected chi connectivity index (χ2v) is 5.25. The number of rotatable bonds is 6. The fourth-order valence-electron chi connectivity index (χ4n) is 1.85. The van der Waals surface area contributed by atoms with Crippen LogP contribution < -0.4 is 10.1 Å². The molecule has 1 heterocycles. The monoisotopic (exact) mass is 291 g/mol. The van der Waals surface area contributed by atoms with E-state index in [1.54, 1.807) is 29.5 Å². The van der Waals surface area contributed by atoms with E-state index in [1.807, 2.05) is 24.4 Å². The molecule has 2 N–H and O–H groups in total. The van der Waals surface area contributed by atoms with Gasteiger partial charge in [-0.2, -0.15) is 0 Å². The summed E-state index contributed by atoms with van der Waals surface area (Å²) in [7, 11) is 0. The van der Waals surface area contributed by atoms with E-state index in [0.29, 0.717) is 30.0 Å². The first-order valence-corrected chi connectivity index (χ1v) is 7.29. The summed E-state index contributed by atoms with van der Waals surface area (Å²) in [6, 6.07) is 9.12. The third-order valence-corrected chi connectivity index (χ3v) is 3.61. The standard InChI is InChI=1S/C15H17NO3S/c1-2-19-14-6-5-12(8-11(14)10-17)16-15(18)9-13-4-3-7-20-13/h3-8,17H,2,9-10H2,1H3,(H,16,18). The van der Waals surface area contributed by atoms with E-state index in [-0.39, 0.29) is 12.5 Å². The minimum atomic E-state index is -0.121. The van der Waals surface area contributed by atoms with Gasteiger partial charge >= 0.3 is 0 Å². The van der Waals surface area contributed by atoms with Gasteiger partial charge in [-0.3, -0.25) is 4.79 Å². The lowest BCUT2D eigenvalue weighted by atomic mass is 10.2. The number of carbonyl (C=O) groups excluding carboxylic acids is 1. The molecule has 2 rings (SSSR count). The zero-order valence-electron chi connectivity index (χ0n) is 11.3. The molecule has 1 aromatic heterocycles. The molecular weight excluding hydrogens is 274 g/mol. The van der Waals surface area contributed by atoms with Crippen LogP contribution in [0.15, 0.2) is 35.7 Å². The van der Waals surface area contributed by atoms with Gasteiger partial charge in [-0.1, -0.05) is 6.07 Å². The first kappa shape index (κ1) is 14.6.